The fourth-order valence-electron chi connectivity index (χ4n) is 4.35. The molecular weight excluding hydrogens is 486 g/mol. The van der Waals surface area contributed by atoms with Gasteiger partial charge in [-0.2, -0.15) is 0 Å². The maximum Gasteiger partial charge on any atom is 0.338 e. The molecule has 2 saturated heterocycles. The first-order valence-electron chi connectivity index (χ1n) is 11.0. The number of β-lactam (4-membered cyclic amide) rings is 1. The lowest BCUT2D eigenvalue weighted by atomic mass is 9.65. The fraction of sp³-hybridized carbons (Fsp3) is 0.636. The van der Waals surface area contributed by atoms with Crippen LogP contribution >= 0.6 is 12.0 Å². The number of carbonyl (C=O) groups excluding carboxylic acids is 2. The average molecular weight is 516 g/mol. The summed E-state index contributed by atoms with van der Waals surface area (Å²) in [7, 11) is 0. The molecule has 4 rings (SSSR count). The summed E-state index contributed by atoms with van der Waals surface area (Å²) in [4.78, 5) is 24.6. The third-order valence-electron chi connectivity index (χ3n) is 6.18. The lowest BCUT2D eigenvalue weighted by Gasteiger charge is -2.56. The van der Waals surface area contributed by atoms with E-state index in [0.29, 0.717) is 10.6 Å². The van der Waals surface area contributed by atoms with Crippen molar-refractivity contribution in [3.05, 3.63) is 35.9 Å². The number of hydroxylamine groups is 2. The minimum absolute atomic E-state index is 0.0191. The fourth-order valence-corrected chi connectivity index (χ4v) is 5.65. The van der Waals surface area contributed by atoms with Crippen molar-refractivity contribution in [2.75, 3.05) is 6.61 Å². The Labute approximate surface area is 204 Å². The van der Waals surface area contributed by atoms with Crippen molar-refractivity contribution in [1.29, 1.82) is 0 Å². The standard InChI is InChI=1S/C22H29NO9S2/c1-12(2)33-31-19-17(32-34(28)13(3)4)21(10-15(24)23(21)27)16-18(30-16)22(19,26)11-29-20(25)14-8-6-5-7-9-14/h5-9,12-13,16-19,26-27H,10-11H2,1-4H3/t16-,17-,18+,19+,21-,22+,34?/m1/s1. The molecule has 3 fully saturated rings. The molecule has 1 unspecified atom stereocenters. The van der Waals surface area contributed by atoms with Gasteiger partial charge in [-0.3, -0.25) is 14.2 Å². The number of ether oxygens (including phenoxy) is 2. The van der Waals surface area contributed by atoms with Crippen LogP contribution in [0.15, 0.2) is 30.3 Å². The summed E-state index contributed by atoms with van der Waals surface area (Å²) >= 11 is -0.782. The maximum atomic E-state index is 12.7. The Morgan fingerprint density at radius 3 is 2.47 bits per heavy atom. The number of hydrogen-bond acceptors (Lipinski definition) is 10. The van der Waals surface area contributed by atoms with Gasteiger partial charge < -0.3 is 18.8 Å². The molecule has 0 aromatic heterocycles. The van der Waals surface area contributed by atoms with E-state index in [2.05, 4.69) is 0 Å². The van der Waals surface area contributed by atoms with Crippen LogP contribution in [0.4, 0.5) is 0 Å². The van der Waals surface area contributed by atoms with Gasteiger partial charge in [-0.15, -0.1) is 0 Å². The molecule has 7 atom stereocenters. The van der Waals surface area contributed by atoms with Crippen molar-refractivity contribution < 1.29 is 42.0 Å². The molecule has 1 spiro atoms. The predicted molar refractivity (Wildman–Crippen MR) is 122 cm³/mol. The van der Waals surface area contributed by atoms with E-state index in [0.717, 1.165) is 12.0 Å². The van der Waals surface area contributed by atoms with E-state index < -0.39 is 70.4 Å². The molecule has 2 heterocycles. The molecule has 3 aliphatic rings. The Hall–Kier alpha value is -1.54. The summed E-state index contributed by atoms with van der Waals surface area (Å²) in [6, 6.07) is 8.31. The molecule has 2 aliphatic heterocycles. The van der Waals surface area contributed by atoms with Gasteiger partial charge in [0.25, 0.3) is 0 Å². The molecule has 1 aliphatic carbocycles. The minimum Gasteiger partial charge on any atom is -0.459 e. The Balaban J connectivity index is 1.66. The van der Waals surface area contributed by atoms with Crippen molar-refractivity contribution in [2.45, 2.75) is 80.2 Å². The zero-order valence-corrected chi connectivity index (χ0v) is 20.9. The first kappa shape index (κ1) is 25.5. The molecule has 1 aromatic rings. The summed E-state index contributed by atoms with van der Waals surface area (Å²) < 4.78 is 35.8. The van der Waals surface area contributed by atoms with Crippen LogP contribution in [0.3, 0.4) is 0 Å². The molecule has 0 bridgehead atoms. The summed E-state index contributed by atoms with van der Waals surface area (Å²) in [5.41, 5.74) is -2.95. The number of esters is 1. The van der Waals surface area contributed by atoms with Crippen LogP contribution in [-0.4, -0.2) is 84.1 Å². The van der Waals surface area contributed by atoms with E-state index in [1.165, 1.54) is 0 Å². The first-order valence-corrected chi connectivity index (χ1v) is 13.0. The SMILES string of the molecule is CC(C)SO[C@H]1[C@@H](OS(=O)C(C)C)[C@@]2(CC(=O)N2O)[C@@H]2O[C@@H]2[C@@]1(O)COC(=O)c1ccccc1. The number of aliphatic hydroxyl groups is 1. The first-order chi connectivity index (χ1) is 16.0. The quantitative estimate of drug-likeness (QED) is 0.164. The van der Waals surface area contributed by atoms with E-state index in [-0.39, 0.29) is 11.7 Å². The van der Waals surface area contributed by atoms with E-state index in [9.17, 15) is 24.1 Å². The Morgan fingerprint density at radius 2 is 1.91 bits per heavy atom. The van der Waals surface area contributed by atoms with Gasteiger partial charge in [0.15, 0.2) is 16.7 Å². The molecule has 188 valence electrons. The molecule has 10 nitrogen and oxygen atoms in total. The number of epoxide rings is 1. The summed E-state index contributed by atoms with van der Waals surface area (Å²) in [5, 5.41) is 22.4. The number of hydrogen-bond donors (Lipinski definition) is 2. The molecule has 1 amide bonds. The van der Waals surface area contributed by atoms with Crippen LogP contribution in [0.25, 0.3) is 0 Å². The number of amides is 1. The van der Waals surface area contributed by atoms with Gasteiger partial charge in [0, 0.05) is 5.25 Å². The second-order valence-electron chi connectivity index (χ2n) is 9.27. The summed E-state index contributed by atoms with van der Waals surface area (Å²) in [6.45, 7) is 6.65. The molecule has 12 heteroatoms. The van der Waals surface area contributed by atoms with Crippen LogP contribution in [0.1, 0.15) is 44.5 Å². The third-order valence-corrected chi connectivity index (χ3v) is 8.05. The second-order valence-corrected chi connectivity index (χ2v) is 12.3. The lowest BCUT2D eigenvalue weighted by molar-refractivity contribution is -0.274. The van der Waals surface area contributed by atoms with Gasteiger partial charge in [0.05, 0.1) is 17.2 Å². The van der Waals surface area contributed by atoms with Gasteiger partial charge in [-0.1, -0.05) is 32.0 Å². The smallest absolute Gasteiger partial charge is 0.338 e. The highest BCUT2D eigenvalue weighted by Gasteiger charge is 2.81. The number of fused-ring (bicyclic) bond motifs is 2. The number of nitrogens with zero attached hydrogens (tertiary/aromatic N) is 1. The molecular formula is C22H29NO9S2. The molecule has 1 aromatic carbocycles. The highest BCUT2D eigenvalue weighted by molar-refractivity contribution is 7.95. The van der Waals surface area contributed by atoms with Crippen LogP contribution < -0.4 is 0 Å². The van der Waals surface area contributed by atoms with E-state index in [1.807, 2.05) is 13.8 Å². The van der Waals surface area contributed by atoms with Gasteiger partial charge in [-0.25, -0.2) is 14.1 Å². The van der Waals surface area contributed by atoms with Crippen molar-refractivity contribution in [1.82, 2.24) is 5.06 Å². The van der Waals surface area contributed by atoms with Gasteiger partial charge in [-0.05, 0) is 38.0 Å². The number of carbonyl (C=O) groups is 2. The third kappa shape index (κ3) is 4.29. The van der Waals surface area contributed by atoms with Crippen molar-refractivity contribution in [2.24, 2.45) is 0 Å². The van der Waals surface area contributed by atoms with Crippen molar-refractivity contribution >= 4 is 35.0 Å². The highest BCUT2D eigenvalue weighted by atomic mass is 32.2. The second kappa shape index (κ2) is 9.49. The normalized spacial score (nSPS) is 35.3. The highest BCUT2D eigenvalue weighted by Crippen LogP contribution is 2.58. The van der Waals surface area contributed by atoms with Crippen molar-refractivity contribution in [3.8, 4) is 0 Å². The van der Waals surface area contributed by atoms with E-state index in [4.69, 9.17) is 17.8 Å². The van der Waals surface area contributed by atoms with E-state index >= 15 is 0 Å². The number of benzene rings is 1. The maximum absolute atomic E-state index is 12.7. The van der Waals surface area contributed by atoms with Crippen LogP contribution in [0, 0.1) is 0 Å². The minimum atomic E-state index is -1.88. The molecule has 0 radical (unpaired) electrons. The lowest BCUT2D eigenvalue weighted by Crippen LogP contribution is -2.80. The predicted octanol–water partition coefficient (Wildman–Crippen LogP) is 1.61. The van der Waals surface area contributed by atoms with Gasteiger partial charge in [0.2, 0.25) is 5.91 Å². The molecule has 2 N–H and O–H groups in total. The zero-order chi connectivity index (χ0) is 24.8. The zero-order valence-electron chi connectivity index (χ0n) is 19.3. The molecule has 34 heavy (non-hydrogen) atoms. The Kier molecular flexibility index (Phi) is 7.13. The average Bonchev–Trinajstić information content (AvgIpc) is 3.61. The summed E-state index contributed by atoms with van der Waals surface area (Å²) in [6.07, 6.45) is -4.29. The van der Waals surface area contributed by atoms with Crippen LogP contribution in [0.5, 0.6) is 0 Å². The van der Waals surface area contributed by atoms with Crippen LogP contribution in [-0.2, 0) is 33.7 Å². The molecule has 1 saturated carbocycles. The largest absolute Gasteiger partial charge is 0.459 e. The number of rotatable bonds is 9. The van der Waals surface area contributed by atoms with Gasteiger partial charge >= 0.3 is 5.97 Å². The monoisotopic (exact) mass is 515 g/mol. The van der Waals surface area contributed by atoms with Gasteiger partial charge in [0.1, 0.15) is 36.6 Å². The van der Waals surface area contributed by atoms with E-state index in [1.54, 1.807) is 44.2 Å². The van der Waals surface area contributed by atoms with Crippen molar-refractivity contribution in [3.63, 3.8) is 0 Å². The topological polar surface area (TPSA) is 135 Å². The Morgan fingerprint density at radius 1 is 1.24 bits per heavy atom. The Bertz CT molecular complexity index is 961. The van der Waals surface area contributed by atoms with Crippen LogP contribution in [0.2, 0.25) is 0 Å². The summed E-state index contributed by atoms with van der Waals surface area (Å²) in [5.74, 6) is -1.19.